The number of unbranched alkanes of at least 4 members (excludes halogenated alkanes) is 1. The maximum atomic E-state index is 11.3. The van der Waals surface area contributed by atoms with Crippen molar-refractivity contribution in [2.75, 3.05) is 6.61 Å². The highest BCUT2D eigenvalue weighted by molar-refractivity contribution is 9.10. The molecule has 1 rings (SSSR count). The zero-order valence-corrected chi connectivity index (χ0v) is 11.1. The summed E-state index contributed by atoms with van der Waals surface area (Å²) in [4.78, 5) is 11.3. The molecule has 0 saturated heterocycles. The Hall–Kier alpha value is -0.670. The van der Waals surface area contributed by atoms with Crippen molar-refractivity contribution in [2.24, 2.45) is 0 Å². The van der Waals surface area contributed by atoms with E-state index in [1.807, 2.05) is 24.3 Å². The van der Waals surface area contributed by atoms with Gasteiger partial charge < -0.3 is 4.74 Å². The first kappa shape index (κ1) is 13.4. The van der Waals surface area contributed by atoms with Gasteiger partial charge >= 0.3 is 0 Å². The van der Waals surface area contributed by atoms with Gasteiger partial charge in [-0.15, -0.1) is 0 Å². The monoisotopic (exact) mass is 284 g/mol. The molecule has 2 nitrogen and oxygen atoms in total. The molecule has 0 aromatic heterocycles. The molecule has 0 atom stereocenters. The van der Waals surface area contributed by atoms with Gasteiger partial charge in [0, 0.05) is 10.9 Å². The van der Waals surface area contributed by atoms with Gasteiger partial charge in [-0.05, 0) is 24.1 Å². The number of carbonyl (C=O) groups excluding carboxylic acids is 1. The molecule has 3 heteroatoms. The van der Waals surface area contributed by atoms with E-state index in [2.05, 4.69) is 22.9 Å². The maximum Gasteiger partial charge on any atom is 0.158 e. The molecule has 0 aliphatic rings. The highest BCUT2D eigenvalue weighted by atomic mass is 79.9. The largest absolute Gasteiger partial charge is 0.369 e. The molecule has 0 saturated carbocycles. The highest BCUT2D eigenvalue weighted by Gasteiger charge is 2.01. The molecule has 1 aromatic carbocycles. The van der Waals surface area contributed by atoms with E-state index in [0.717, 1.165) is 22.9 Å². The van der Waals surface area contributed by atoms with Crippen LogP contribution in [0.2, 0.25) is 0 Å². The lowest BCUT2D eigenvalue weighted by molar-refractivity contribution is -0.124. The quantitative estimate of drug-likeness (QED) is 0.763. The SMILES string of the molecule is CCCCC(=O)COCc1ccc(Br)cc1. The van der Waals surface area contributed by atoms with Crippen LogP contribution in [0.3, 0.4) is 0 Å². The molecule has 16 heavy (non-hydrogen) atoms. The van der Waals surface area contributed by atoms with Crippen LogP contribution in [0, 0.1) is 0 Å². The predicted molar refractivity (Wildman–Crippen MR) is 68.3 cm³/mol. The third-order valence-electron chi connectivity index (χ3n) is 2.25. The van der Waals surface area contributed by atoms with Crippen molar-refractivity contribution in [3.63, 3.8) is 0 Å². The fourth-order valence-corrected chi connectivity index (χ4v) is 1.57. The van der Waals surface area contributed by atoms with Gasteiger partial charge in [-0.25, -0.2) is 0 Å². The smallest absolute Gasteiger partial charge is 0.158 e. The van der Waals surface area contributed by atoms with Crippen LogP contribution in [0.5, 0.6) is 0 Å². The van der Waals surface area contributed by atoms with Gasteiger partial charge in [0.25, 0.3) is 0 Å². The van der Waals surface area contributed by atoms with E-state index >= 15 is 0 Å². The van der Waals surface area contributed by atoms with E-state index in [4.69, 9.17) is 4.74 Å². The van der Waals surface area contributed by atoms with Crippen LogP contribution in [-0.2, 0) is 16.1 Å². The van der Waals surface area contributed by atoms with E-state index in [1.165, 1.54) is 0 Å². The Morgan fingerprint density at radius 3 is 2.62 bits per heavy atom. The standard InChI is InChI=1S/C13H17BrO2/c1-2-3-4-13(15)10-16-9-11-5-7-12(14)8-6-11/h5-8H,2-4,9-10H2,1H3. The number of ether oxygens (including phenoxy) is 1. The molecular weight excluding hydrogens is 268 g/mol. The third kappa shape index (κ3) is 5.42. The summed E-state index contributed by atoms with van der Waals surface area (Å²) in [6.07, 6.45) is 2.65. The van der Waals surface area contributed by atoms with E-state index < -0.39 is 0 Å². The summed E-state index contributed by atoms with van der Waals surface area (Å²) < 4.78 is 6.40. The van der Waals surface area contributed by atoms with Gasteiger partial charge in [0.15, 0.2) is 5.78 Å². The lowest BCUT2D eigenvalue weighted by Gasteiger charge is -2.03. The molecular formula is C13H17BrO2. The van der Waals surface area contributed by atoms with Crippen molar-refractivity contribution >= 4 is 21.7 Å². The first-order valence-electron chi connectivity index (χ1n) is 5.56. The fraction of sp³-hybridized carbons (Fsp3) is 0.462. The number of halogens is 1. The average Bonchev–Trinajstić information content (AvgIpc) is 2.29. The number of carbonyl (C=O) groups is 1. The summed E-state index contributed by atoms with van der Waals surface area (Å²) in [7, 11) is 0. The molecule has 0 aliphatic heterocycles. The van der Waals surface area contributed by atoms with Crippen LogP contribution < -0.4 is 0 Å². The Balaban J connectivity index is 2.20. The summed E-state index contributed by atoms with van der Waals surface area (Å²) in [5, 5.41) is 0. The van der Waals surface area contributed by atoms with Crippen molar-refractivity contribution in [1.29, 1.82) is 0 Å². The first-order chi connectivity index (χ1) is 7.72. The van der Waals surface area contributed by atoms with Gasteiger partial charge in [0.2, 0.25) is 0 Å². The minimum Gasteiger partial charge on any atom is -0.369 e. The predicted octanol–water partition coefficient (Wildman–Crippen LogP) is 3.73. The lowest BCUT2D eigenvalue weighted by Crippen LogP contribution is -2.08. The Bertz CT molecular complexity index is 319. The van der Waals surface area contributed by atoms with E-state index in [1.54, 1.807) is 0 Å². The average molecular weight is 285 g/mol. The van der Waals surface area contributed by atoms with Crippen LogP contribution in [0.1, 0.15) is 31.7 Å². The van der Waals surface area contributed by atoms with Crippen LogP contribution in [-0.4, -0.2) is 12.4 Å². The molecule has 0 amide bonds. The lowest BCUT2D eigenvalue weighted by atomic mass is 10.2. The minimum absolute atomic E-state index is 0.193. The molecule has 0 aliphatic carbocycles. The Kier molecular flexibility index (Phi) is 6.34. The summed E-state index contributed by atoms with van der Waals surface area (Å²) in [6, 6.07) is 7.91. The number of rotatable bonds is 7. The summed E-state index contributed by atoms with van der Waals surface area (Å²) in [5.41, 5.74) is 1.09. The van der Waals surface area contributed by atoms with Crippen molar-refractivity contribution in [3.05, 3.63) is 34.3 Å². The van der Waals surface area contributed by atoms with E-state index in [0.29, 0.717) is 13.0 Å². The Labute approximate surface area is 105 Å². The van der Waals surface area contributed by atoms with Gasteiger partial charge in [-0.3, -0.25) is 4.79 Å². The number of benzene rings is 1. The molecule has 0 bridgehead atoms. The second-order valence-electron chi connectivity index (χ2n) is 3.76. The van der Waals surface area contributed by atoms with E-state index in [9.17, 15) is 4.79 Å². The second-order valence-corrected chi connectivity index (χ2v) is 4.68. The van der Waals surface area contributed by atoms with Crippen LogP contribution >= 0.6 is 15.9 Å². The highest BCUT2D eigenvalue weighted by Crippen LogP contribution is 2.11. The molecule has 0 fully saturated rings. The molecule has 0 heterocycles. The maximum absolute atomic E-state index is 11.3. The number of Topliss-reactive ketones (excluding diaryl/α,β-unsaturated/α-hetero) is 1. The molecule has 0 unspecified atom stereocenters. The van der Waals surface area contributed by atoms with Crippen molar-refractivity contribution in [1.82, 2.24) is 0 Å². The number of hydrogen-bond acceptors (Lipinski definition) is 2. The molecule has 1 aromatic rings. The third-order valence-corrected chi connectivity index (χ3v) is 2.78. The topological polar surface area (TPSA) is 26.3 Å². The zero-order valence-electron chi connectivity index (χ0n) is 9.54. The number of hydrogen-bond donors (Lipinski definition) is 0. The zero-order chi connectivity index (χ0) is 11.8. The summed E-state index contributed by atoms with van der Waals surface area (Å²) >= 11 is 3.37. The van der Waals surface area contributed by atoms with Crippen LogP contribution in [0.25, 0.3) is 0 Å². The van der Waals surface area contributed by atoms with Crippen molar-refractivity contribution < 1.29 is 9.53 Å². The molecule has 0 radical (unpaired) electrons. The molecule has 88 valence electrons. The minimum atomic E-state index is 0.193. The van der Waals surface area contributed by atoms with Gasteiger partial charge in [-0.2, -0.15) is 0 Å². The van der Waals surface area contributed by atoms with Gasteiger partial charge in [0.1, 0.15) is 6.61 Å². The van der Waals surface area contributed by atoms with Crippen molar-refractivity contribution in [3.8, 4) is 0 Å². The van der Waals surface area contributed by atoms with Gasteiger partial charge in [-0.1, -0.05) is 41.4 Å². The van der Waals surface area contributed by atoms with Crippen LogP contribution in [0.4, 0.5) is 0 Å². The van der Waals surface area contributed by atoms with Gasteiger partial charge in [0.05, 0.1) is 6.61 Å². The normalized spacial score (nSPS) is 10.4. The number of ketones is 1. The summed E-state index contributed by atoms with van der Waals surface area (Å²) in [6.45, 7) is 2.82. The first-order valence-corrected chi connectivity index (χ1v) is 6.35. The van der Waals surface area contributed by atoms with Crippen molar-refractivity contribution in [2.45, 2.75) is 32.8 Å². The van der Waals surface area contributed by atoms with E-state index in [-0.39, 0.29) is 12.4 Å². The molecule has 0 spiro atoms. The second kappa shape index (κ2) is 7.58. The fourth-order valence-electron chi connectivity index (χ4n) is 1.31. The van der Waals surface area contributed by atoms with Crippen LogP contribution in [0.15, 0.2) is 28.7 Å². The summed E-state index contributed by atoms with van der Waals surface area (Å²) in [5.74, 6) is 0.193. The molecule has 0 N–H and O–H groups in total. The Morgan fingerprint density at radius 1 is 1.31 bits per heavy atom. The Morgan fingerprint density at radius 2 is 2.00 bits per heavy atom.